The molecule has 0 fully saturated rings. The number of thioether (sulfide) groups is 1. The van der Waals surface area contributed by atoms with Crippen LogP contribution in [0.25, 0.3) is 16.3 Å². The van der Waals surface area contributed by atoms with Crippen LogP contribution in [-0.4, -0.2) is 31.3 Å². The van der Waals surface area contributed by atoms with Gasteiger partial charge in [0, 0.05) is 29.0 Å². The molecule has 0 amide bonds. The molecule has 0 saturated carbocycles. The van der Waals surface area contributed by atoms with Crippen LogP contribution in [0.15, 0.2) is 74.7 Å². The molecule has 0 aliphatic heterocycles. The van der Waals surface area contributed by atoms with Crippen LogP contribution in [0.4, 0.5) is 0 Å². The molecule has 10 heteroatoms. The molecule has 5 rings (SSSR count). The number of thiazole rings is 1. The van der Waals surface area contributed by atoms with E-state index in [2.05, 4.69) is 15.2 Å². The second-order valence-electron chi connectivity index (χ2n) is 6.63. The van der Waals surface area contributed by atoms with E-state index in [0.717, 1.165) is 17.1 Å². The quantitative estimate of drug-likeness (QED) is 0.346. The van der Waals surface area contributed by atoms with Crippen molar-refractivity contribution in [2.75, 3.05) is 7.11 Å². The van der Waals surface area contributed by atoms with Crippen molar-refractivity contribution in [2.45, 2.75) is 17.5 Å². The Labute approximate surface area is 185 Å². The molecule has 0 bridgehead atoms. The summed E-state index contributed by atoms with van der Waals surface area (Å²) >= 11 is 2.91. The molecule has 0 saturated heterocycles. The van der Waals surface area contributed by atoms with E-state index in [1.54, 1.807) is 30.0 Å². The summed E-state index contributed by atoms with van der Waals surface area (Å²) in [5.74, 6) is 2.74. The van der Waals surface area contributed by atoms with Gasteiger partial charge in [-0.25, -0.2) is 4.98 Å². The van der Waals surface area contributed by atoms with Gasteiger partial charge in [0.25, 0.3) is 5.56 Å². The minimum Gasteiger partial charge on any atom is -0.497 e. The maximum atomic E-state index is 12.3. The molecule has 31 heavy (non-hydrogen) atoms. The van der Waals surface area contributed by atoms with Crippen LogP contribution in [-0.2, 0) is 12.3 Å². The fourth-order valence-electron chi connectivity index (χ4n) is 3.17. The lowest BCUT2D eigenvalue weighted by Crippen LogP contribution is -2.12. The first kappa shape index (κ1) is 19.6. The van der Waals surface area contributed by atoms with E-state index in [1.807, 2.05) is 46.3 Å². The van der Waals surface area contributed by atoms with Crippen molar-refractivity contribution in [1.29, 1.82) is 0 Å². The van der Waals surface area contributed by atoms with E-state index in [4.69, 9.17) is 9.15 Å². The van der Waals surface area contributed by atoms with E-state index in [-0.39, 0.29) is 5.56 Å². The fourth-order valence-corrected chi connectivity index (χ4v) is 4.74. The third kappa shape index (κ3) is 3.99. The van der Waals surface area contributed by atoms with Crippen molar-refractivity contribution < 1.29 is 9.15 Å². The van der Waals surface area contributed by atoms with Crippen molar-refractivity contribution >= 4 is 28.1 Å². The first-order valence-electron chi connectivity index (χ1n) is 9.40. The third-order valence-corrected chi connectivity index (χ3v) is 6.40. The number of nitrogens with zero attached hydrogens (tertiary/aromatic N) is 5. The van der Waals surface area contributed by atoms with E-state index in [9.17, 15) is 4.79 Å². The van der Waals surface area contributed by atoms with Crippen LogP contribution in [0.3, 0.4) is 0 Å². The lowest BCUT2D eigenvalue weighted by atomic mass is 10.2. The van der Waals surface area contributed by atoms with Gasteiger partial charge in [0.2, 0.25) is 0 Å². The molecule has 5 aromatic rings. The van der Waals surface area contributed by atoms with Gasteiger partial charge in [-0.3, -0.25) is 13.8 Å². The van der Waals surface area contributed by atoms with Gasteiger partial charge in [-0.2, -0.15) is 0 Å². The van der Waals surface area contributed by atoms with Crippen molar-refractivity contribution in [1.82, 2.24) is 24.1 Å². The van der Waals surface area contributed by atoms with Gasteiger partial charge in [-0.05, 0) is 24.3 Å². The van der Waals surface area contributed by atoms with Crippen LogP contribution in [0.1, 0.15) is 11.5 Å². The zero-order valence-corrected chi connectivity index (χ0v) is 18.1. The minimum atomic E-state index is -0.0871. The molecule has 0 aliphatic carbocycles. The summed E-state index contributed by atoms with van der Waals surface area (Å²) < 4.78 is 14.4. The summed E-state index contributed by atoms with van der Waals surface area (Å²) in [5, 5.41) is 11.4. The zero-order chi connectivity index (χ0) is 21.2. The average molecular weight is 452 g/mol. The molecule has 0 atom stereocenters. The predicted molar refractivity (Wildman–Crippen MR) is 119 cm³/mol. The molecular formula is C21H17N5O3S2. The third-order valence-electron chi connectivity index (χ3n) is 4.64. The summed E-state index contributed by atoms with van der Waals surface area (Å²) in [6, 6.07) is 13.0. The summed E-state index contributed by atoms with van der Waals surface area (Å²) in [7, 11) is 1.63. The summed E-state index contributed by atoms with van der Waals surface area (Å²) in [4.78, 5) is 17.5. The standard InChI is InChI=1S/C21H17N5O3S2/c1-28-16-5-2-4-14(10-16)19-23-24-21(26(19)12-17-6-3-8-29-17)31-13-15-11-18(27)25-7-9-30-20(25)22-15/h2-11H,12-13H2,1H3. The van der Waals surface area contributed by atoms with E-state index >= 15 is 0 Å². The van der Waals surface area contributed by atoms with Crippen LogP contribution in [0.2, 0.25) is 0 Å². The summed E-state index contributed by atoms with van der Waals surface area (Å²) in [5.41, 5.74) is 1.51. The van der Waals surface area contributed by atoms with Gasteiger partial charge in [-0.15, -0.1) is 21.5 Å². The van der Waals surface area contributed by atoms with Gasteiger partial charge < -0.3 is 9.15 Å². The Balaban J connectivity index is 1.48. The average Bonchev–Trinajstić information content (AvgIpc) is 3.54. The summed E-state index contributed by atoms with van der Waals surface area (Å²) in [6.07, 6.45) is 3.37. The SMILES string of the molecule is COc1cccc(-c2nnc(SCc3cc(=O)n4ccsc4n3)n2Cc2ccco2)c1. The highest BCUT2D eigenvalue weighted by atomic mass is 32.2. The summed E-state index contributed by atoms with van der Waals surface area (Å²) in [6.45, 7) is 0.481. The highest BCUT2D eigenvalue weighted by molar-refractivity contribution is 7.98. The van der Waals surface area contributed by atoms with Crippen LogP contribution in [0, 0.1) is 0 Å². The number of benzene rings is 1. The topological polar surface area (TPSA) is 87.5 Å². The molecule has 8 nitrogen and oxygen atoms in total. The Morgan fingerprint density at radius 1 is 1.19 bits per heavy atom. The molecular weight excluding hydrogens is 434 g/mol. The van der Waals surface area contributed by atoms with E-state index < -0.39 is 0 Å². The van der Waals surface area contributed by atoms with Crippen molar-refractivity contribution in [2.24, 2.45) is 0 Å². The molecule has 4 aromatic heterocycles. The molecule has 4 heterocycles. The maximum absolute atomic E-state index is 12.3. The van der Waals surface area contributed by atoms with Crippen LogP contribution in [0.5, 0.6) is 5.75 Å². The van der Waals surface area contributed by atoms with E-state index in [1.165, 1.54) is 23.1 Å². The number of furan rings is 1. The second kappa shape index (κ2) is 8.40. The number of hydrogen-bond donors (Lipinski definition) is 0. The minimum absolute atomic E-state index is 0.0871. The number of aromatic nitrogens is 5. The van der Waals surface area contributed by atoms with Crippen LogP contribution < -0.4 is 10.3 Å². The number of methoxy groups -OCH3 is 1. The molecule has 0 unspecified atom stereocenters. The number of hydrogen-bond acceptors (Lipinski definition) is 8. The molecule has 0 radical (unpaired) electrons. The Kier molecular flexibility index (Phi) is 5.31. The van der Waals surface area contributed by atoms with Gasteiger partial charge in [0.1, 0.15) is 11.5 Å². The lowest BCUT2D eigenvalue weighted by Gasteiger charge is -2.09. The largest absolute Gasteiger partial charge is 0.497 e. The molecule has 0 aliphatic rings. The molecule has 156 valence electrons. The Morgan fingerprint density at radius 3 is 2.97 bits per heavy atom. The second-order valence-corrected chi connectivity index (χ2v) is 8.45. The number of ether oxygens (including phenoxy) is 1. The Hall–Kier alpha value is -3.37. The Bertz CT molecular complexity index is 1390. The molecule has 0 spiro atoms. The monoisotopic (exact) mass is 451 g/mol. The molecule has 1 aromatic carbocycles. The first-order chi connectivity index (χ1) is 15.2. The highest BCUT2D eigenvalue weighted by Gasteiger charge is 2.17. The van der Waals surface area contributed by atoms with Crippen molar-refractivity contribution in [3.05, 3.63) is 82.1 Å². The van der Waals surface area contributed by atoms with E-state index in [0.29, 0.717) is 33.9 Å². The van der Waals surface area contributed by atoms with Crippen molar-refractivity contribution in [3.8, 4) is 17.1 Å². The van der Waals surface area contributed by atoms with Gasteiger partial charge in [0.05, 0.1) is 25.6 Å². The lowest BCUT2D eigenvalue weighted by molar-refractivity contribution is 0.415. The molecule has 0 N–H and O–H groups in total. The highest BCUT2D eigenvalue weighted by Crippen LogP contribution is 2.29. The smallest absolute Gasteiger partial charge is 0.258 e. The zero-order valence-electron chi connectivity index (χ0n) is 16.5. The van der Waals surface area contributed by atoms with Gasteiger partial charge in [0.15, 0.2) is 15.9 Å². The fraction of sp³-hybridized carbons (Fsp3) is 0.143. The first-order valence-corrected chi connectivity index (χ1v) is 11.3. The van der Waals surface area contributed by atoms with Crippen molar-refractivity contribution in [3.63, 3.8) is 0 Å². The number of fused-ring (bicyclic) bond motifs is 1. The predicted octanol–water partition coefficient (Wildman–Crippen LogP) is 3.96. The number of rotatable bonds is 7. The van der Waals surface area contributed by atoms with Crippen LogP contribution >= 0.6 is 23.1 Å². The maximum Gasteiger partial charge on any atom is 0.258 e. The van der Waals surface area contributed by atoms with Gasteiger partial charge in [-0.1, -0.05) is 23.9 Å². The van der Waals surface area contributed by atoms with Gasteiger partial charge >= 0.3 is 0 Å². The Morgan fingerprint density at radius 2 is 2.13 bits per heavy atom. The normalized spacial score (nSPS) is 11.3.